The number of sulfonamides is 1. The van der Waals surface area contributed by atoms with Crippen molar-refractivity contribution in [1.82, 2.24) is 9.62 Å². The van der Waals surface area contributed by atoms with Gasteiger partial charge in [0.05, 0.1) is 10.8 Å². The predicted octanol–water partition coefficient (Wildman–Crippen LogP) is 2.39. The molecule has 1 aromatic carbocycles. The molecule has 0 aromatic heterocycles. The van der Waals surface area contributed by atoms with Crippen LogP contribution in [0.3, 0.4) is 0 Å². The number of piperidine rings is 1. The molecule has 0 unspecified atom stereocenters. The van der Waals surface area contributed by atoms with E-state index < -0.39 is 10.0 Å². The number of amides is 1. The van der Waals surface area contributed by atoms with Gasteiger partial charge in [-0.25, -0.2) is 8.42 Å². The van der Waals surface area contributed by atoms with E-state index in [4.69, 9.17) is 0 Å². The molecule has 1 atom stereocenters. The van der Waals surface area contributed by atoms with Gasteiger partial charge in [-0.05, 0) is 37.8 Å². The molecule has 1 fully saturated rings. The van der Waals surface area contributed by atoms with E-state index in [-0.39, 0.29) is 24.4 Å². The number of carbonyl (C=O) groups excluding carboxylic acids is 1. The van der Waals surface area contributed by atoms with Gasteiger partial charge in [-0.15, -0.1) is 0 Å². The lowest BCUT2D eigenvalue weighted by atomic mass is 9.98. The first-order valence-corrected chi connectivity index (χ1v) is 9.78. The van der Waals surface area contributed by atoms with Crippen LogP contribution in [0.5, 0.6) is 0 Å². The molecule has 1 amide bonds. The second kappa shape index (κ2) is 7.93. The lowest BCUT2D eigenvalue weighted by molar-refractivity contribution is -0.126. The van der Waals surface area contributed by atoms with Gasteiger partial charge in [0.25, 0.3) is 0 Å². The van der Waals surface area contributed by atoms with E-state index >= 15 is 0 Å². The van der Waals surface area contributed by atoms with Gasteiger partial charge in [0.15, 0.2) is 0 Å². The fourth-order valence-corrected chi connectivity index (χ4v) is 4.47. The van der Waals surface area contributed by atoms with Gasteiger partial charge in [0, 0.05) is 19.1 Å². The minimum atomic E-state index is -3.51. The number of nitrogens with zero attached hydrogens (tertiary/aromatic N) is 1. The molecule has 23 heavy (non-hydrogen) atoms. The number of benzene rings is 1. The number of hydrogen-bond acceptors (Lipinski definition) is 3. The molecule has 0 bridgehead atoms. The van der Waals surface area contributed by atoms with Gasteiger partial charge >= 0.3 is 0 Å². The van der Waals surface area contributed by atoms with Crippen LogP contribution in [0.4, 0.5) is 0 Å². The molecule has 5 nitrogen and oxygen atoms in total. The summed E-state index contributed by atoms with van der Waals surface area (Å²) in [5.41, 5.74) is 0. The minimum Gasteiger partial charge on any atom is -0.353 e. The van der Waals surface area contributed by atoms with Crippen molar-refractivity contribution < 1.29 is 13.2 Å². The normalized spacial score (nSPS) is 19.7. The molecule has 6 heteroatoms. The molecule has 0 saturated carbocycles. The molecule has 1 aliphatic rings. The van der Waals surface area contributed by atoms with Gasteiger partial charge in [0.2, 0.25) is 15.9 Å². The minimum absolute atomic E-state index is 0.0216. The molecule has 0 radical (unpaired) electrons. The number of hydrogen-bond donors (Lipinski definition) is 1. The highest BCUT2D eigenvalue weighted by molar-refractivity contribution is 7.89. The number of nitrogens with one attached hydrogen (secondary N) is 1. The predicted molar refractivity (Wildman–Crippen MR) is 90.4 cm³/mol. The third kappa shape index (κ3) is 4.32. The maximum Gasteiger partial charge on any atom is 0.243 e. The van der Waals surface area contributed by atoms with Crippen LogP contribution >= 0.6 is 0 Å². The van der Waals surface area contributed by atoms with Gasteiger partial charge in [-0.3, -0.25) is 4.79 Å². The molecule has 1 saturated heterocycles. The summed E-state index contributed by atoms with van der Waals surface area (Å²) in [6.07, 6.45) is 3.24. The zero-order valence-electron chi connectivity index (χ0n) is 13.9. The van der Waals surface area contributed by atoms with Crippen LogP contribution in [0.15, 0.2) is 35.2 Å². The topological polar surface area (TPSA) is 66.5 Å². The molecule has 128 valence electrons. The first kappa shape index (κ1) is 17.9. The first-order valence-electron chi connectivity index (χ1n) is 8.34. The lowest BCUT2D eigenvalue weighted by Crippen LogP contribution is -2.47. The van der Waals surface area contributed by atoms with Crippen LogP contribution in [0, 0.1) is 5.92 Å². The highest BCUT2D eigenvalue weighted by Crippen LogP contribution is 2.24. The Hall–Kier alpha value is -1.40. The summed E-state index contributed by atoms with van der Waals surface area (Å²) in [5.74, 6) is -0.283. The van der Waals surface area contributed by atoms with Gasteiger partial charge in [-0.1, -0.05) is 32.0 Å². The molecule has 2 rings (SSSR count). The second-order valence-electron chi connectivity index (χ2n) is 6.04. The zero-order valence-corrected chi connectivity index (χ0v) is 14.7. The Morgan fingerprint density at radius 1 is 1.26 bits per heavy atom. The Balaban J connectivity index is 2.07. The SMILES string of the molecule is CCC(CC)NC(=O)[C@@H]1CCCN(S(=O)(=O)c2ccccc2)C1. The monoisotopic (exact) mass is 338 g/mol. The molecule has 1 aromatic rings. The molecule has 1 heterocycles. The van der Waals surface area contributed by atoms with Crippen LogP contribution < -0.4 is 5.32 Å². The molecule has 1 aliphatic heterocycles. The van der Waals surface area contributed by atoms with Crippen LogP contribution in [-0.4, -0.2) is 37.8 Å². The number of carbonyl (C=O) groups is 1. The Morgan fingerprint density at radius 2 is 1.91 bits per heavy atom. The van der Waals surface area contributed by atoms with E-state index in [0.717, 1.165) is 19.3 Å². The van der Waals surface area contributed by atoms with Crippen molar-refractivity contribution in [3.05, 3.63) is 30.3 Å². The fraction of sp³-hybridized carbons (Fsp3) is 0.588. The van der Waals surface area contributed by atoms with Crippen molar-refractivity contribution >= 4 is 15.9 Å². The quantitative estimate of drug-likeness (QED) is 0.866. The fourth-order valence-electron chi connectivity index (χ4n) is 2.93. The van der Waals surface area contributed by atoms with E-state index in [0.29, 0.717) is 17.9 Å². The lowest BCUT2D eigenvalue weighted by Gasteiger charge is -2.32. The van der Waals surface area contributed by atoms with Crippen molar-refractivity contribution in [2.24, 2.45) is 5.92 Å². The van der Waals surface area contributed by atoms with E-state index in [1.807, 2.05) is 13.8 Å². The smallest absolute Gasteiger partial charge is 0.243 e. The molecular weight excluding hydrogens is 312 g/mol. The second-order valence-corrected chi connectivity index (χ2v) is 7.98. The van der Waals surface area contributed by atoms with Gasteiger partial charge < -0.3 is 5.32 Å². The Bertz CT molecular complexity index is 612. The van der Waals surface area contributed by atoms with Gasteiger partial charge in [-0.2, -0.15) is 4.31 Å². The first-order chi connectivity index (χ1) is 11.0. The summed E-state index contributed by atoms with van der Waals surface area (Å²) >= 11 is 0. The van der Waals surface area contributed by atoms with E-state index in [1.54, 1.807) is 30.3 Å². The molecule has 0 spiro atoms. The molecule has 0 aliphatic carbocycles. The average molecular weight is 338 g/mol. The maximum absolute atomic E-state index is 12.7. The van der Waals surface area contributed by atoms with E-state index in [2.05, 4.69) is 5.32 Å². The molecule has 1 N–H and O–H groups in total. The van der Waals surface area contributed by atoms with Crippen LogP contribution in [0.25, 0.3) is 0 Å². The average Bonchev–Trinajstić information content (AvgIpc) is 2.60. The summed E-state index contributed by atoms with van der Waals surface area (Å²) in [6, 6.07) is 8.60. The van der Waals surface area contributed by atoms with Crippen molar-refractivity contribution in [1.29, 1.82) is 0 Å². The summed E-state index contributed by atoms with van der Waals surface area (Å²) in [7, 11) is -3.51. The summed E-state index contributed by atoms with van der Waals surface area (Å²) in [5, 5.41) is 3.04. The van der Waals surface area contributed by atoms with Crippen LogP contribution in [-0.2, 0) is 14.8 Å². The number of rotatable bonds is 6. The Labute approximate surface area is 139 Å². The zero-order chi connectivity index (χ0) is 16.9. The summed E-state index contributed by atoms with van der Waals surface area (Å²) < 4.78 is 26.8. The maximum atomic E-state index is 12.7. The van der Waals surface area contributed by atoms with Crippen LogP contribution in [0.1, 0.15) is 39.5 Å². The van der Waals surface area contributed by atoms with E-state index in [9.17, 15) is 13.2 Å². The highest BCUT2D eigenvalue weighted by atomic mass is 32.2. The van der Waals surface area contributed by atoms with Crippen molar-refractivity contribution in [2.45, 2.75) is 50.5 Å². The third-order valence-corrected chi connectivity index (χ3v) is 6.35. The van der Waals surface area contributed by atoms with Crippen molar-refractivity contribution in [2.75, 3.05) is 13.1 Å². The Morgan fingerprint density at radius 3 is 2.52 bits per heavy atom. The molecular formula is C17H26N2O3S. The standard InChI is InChI=1S/C17H26N2O3S/c1-3-15(4-2)18-17(20)14-9-8-12-19(13-14)23(21,22)16-10-6-5-7-11-16/h5-7,10-11,14-15H,3-4,8-9,12-13H2,1-2H3,(H,18,20)/t14-/m1/s1. The summed E-state index contributed by atoms with van der Waals surface area (Å²) in [4.78, 5) is 12.7. The highest BCUT2D eigenvalue weighted by Gasteiger charge is 2.33. The Kier molecular flexibility index (Phi) is 6.18. The summed E-state index contributed by atoms with van der Waals surface area (Å²) in [6.45, 7) is 4.83. The largest absolute Gasteiger partial charge is 0.353 e. The van der Waals surface area contributed by atoms with Crippen molar-refractivity contribution in [3.8, 4) is 0 Å². The van der Waals surface area contributed by atoms with Gasteiger partial charge in [0.1, 0.15) is 0 Å². The van der Waals surface area contributed by atoms with Crippen LogP contribution in [0.2, 0.25) is 0 Å². The van der Waals surface area contributed by atoms with E-state index in [1.165, 1.54) is 4.31 Å². The van der Waals surface area contributed by atoms with Crippen molar-refractivity contribution in [3.63, 3.8) is 0 Å². The third-order valence-electron chi connectivity index (χ3n) is 4.47.